The maximum Gasteiger partial charge on any atom is 0.337 e. The molecule has 0 saturated heterocycles. The number of aromatic carboxylic acids is 1. The van der Waals surface area contributed by atoms with E-state index in [1.807, 2.05) is 0 Å². The summed E-state index contributed by atoms with van der Waals surface area (Å²) in [5.74, 6) is -0.497. The number of carboxylic acids is 1. The van der Waals surface area contributed by atoms with Crippen LogP contribution in [0.5, 0.6) is 11.5 Å². The number of carboxylic acid groups (broad SMARTS) is 1. The van der Waals surface area contributed by atoms with E-state index in [1.165, 1.54) is 37.7 Å². The summed E-state index contributed by atoms with van der Waals surface area (Å²) in [5.41, 5.74) is 2.83. The van der Waals surface area contributed by atoms with Crippen molar-refractivity contribution in [1.29, 1.82) is 0 Å². The molecule has 1 heterocycles. The van der Waals surface area contributed by atoms with Gasteiger partial charge < -0.3 is 14.6 Å². The molecule has 10 heteroatoms. The number of ether oxygens (including phenoxy) is 2. The van der Waals surface area contributed by atoms with E-state index in [0.717, 1.165) is 0 Å². The smallest absolute Gasteiger partial charge is 0.337 e. The maximum absolute atomic E-state index is 11.2. The molecular formula is C16H16N4O6. The van der Waals surface area contributed by atoms with Crippen molar-refractivity contribution in [1.82, 2.24) is 4.98 Å². The summed E-state index contributed by atoms with van der Waals surface area (Å²) in [4.78, 5) is 25.3. The van der Waals surface area contributed by atoms with Gasteiger partial charge in [-0.05, 0) is 25.1 Å². The first-order valence-electron chi connectivity index (χ1n) is 7.44. The predicted molar refractivity (Wildman–Crippen MR) is 93.2 cm³/mol. The normalized spacial score (nSPS) is 10.5. The van der Waals surface area contributed by atoms with E-state index >= 15 is 0 Å². The lowest BCUT2D eigenvalue weighted by atomic mass is 10.2. The topological polar surface area (TPSA) is 136 Å². The summed E-state index contributed by atoms with van der Waals surface area (Å²) in [7, 11) is 1.33. The molecule has 136 valence electrons. The Labute approximate surface area is 148 Å². The van der Waals surface area contributed by atoms with Gasteiger partial charge in [0.15, 0.2) is 5.75 Å². The Kier molecular flexibility index (Phi) is 6.04. The highest BCUT2D eigenvalue weighted by Gasteiger charge is 2.21. The molecule has 26 heavy (non-hydrogen) atoms. The molecular weight excluding hydrogens is 344 g/mol. The van der Waals surface area contributed by atoms with Gasteiger partial charge in [-0.2, -0.15) is 5.10 Å². The van der Waals surface area contributed by atoms with Gasteiger partial charge in [-0.1, -0.05) is 0 Å². The Balaban J connectivity index is 2.23. The van der Waals surface area contributed by atoms with E-state index < -0.39 is 10.9 Å². The van der Waals surface area contributed by atoms with Crippen molar-refractivity contribution < 1.29 is 24.3 Å². The number of hydrazone groups is 1. The third-order valence-electron chi connectivity index (χ3n) is 3.16. The van der Waals surface area contributed by atoms with Crippen LogP contribution in [-0.2, 0) is 0 Å². The maximum atomic E-state index is 11.2. The van der Waals surface area contributed by atoms with Crippen LogP contribution in [0.1, 0.15) is 22.8 Å². The van der Waals surface area contributed by atoms with Crippen molar-refractivity contribution in [2.24, 2.45) is 5.10 Å². The zero-order valence-electron chi connectivity index (χ0n) is 14.0. The van der Waals surface area contributed by atoms with Gasteiger partial charge in [-0.25, -0.2) is 9.78 Å². The van der Waals surface area contributed by atoms with Crippen LogP contribution in [0.3, 0.4) is 0 Å². The highest BCUT2D eigenvalue weighted by atomic mass is 16.6. The van der Waals surface area contributed by atoms with E-state index in [0.29, 0.717) is 18.0 Å². The van der Waals surface area contributed by atoms with Gasteiger partial charge in [-0.15, -0.1) is 0 Å². The summed E-state index contributed by atoms with van der Waals surface area (Å²) < 4.78 is 10.4. The summed E-state index contributed by atoms with van der Waals surface area (Å²) in [6.45, 7) is 2.06. The summed E-state index contributed by atoms with van der Waals surface area (Å²) in [6, 6.07) is 5.68. The van der Waals surface area contributed by atoms with E-state index in [9.17, 15) is 14.9 Å². The fourth-order valence-corrected chi connectivity index (χ4v) is 2.05. The first kappa shape index (κ1) is 18.6. The number of hydrogen-bond acceptors (Lipinski definition) is 8. The van der Waals surface area contributed by atoms with Gasteiger partial charge in [0.05, 0.1) is 30.4 Å². The van der Waals surface area contributed by atoms with Crippen molar-refractivity contribution in [3.8, 4) is 11.5 Å². The van der Waals surface area contributed by atoms with Gasteiger partial charge in [0.1, 0.15) is 5.82 Å². The van der Waals surface area contributed by atoms with Crippen molar-refractivity contribution in [2.45, 2.75) is 6.92 Å². The molecule has 1 aromatic heterocycles. The molecule has 0 fully saturated rings. The molecule has 2 N–H and O–H groups in total. The molecule has 0 saturated carbocycles. The number of nitro benzene ring substituents is 1. The molecule has 0 aliphatic heterocycles. The second kappa shape index (κ2) is 8.42. The van der Waals surface area contributed by atoms with Crippen LogP contribution in [-0.4, -0.2) is 40.9 Å². The van der Waals surface area contributed by atoms with Gasteiger partial charge >= 0.3 is 11.7 Å². The summed E-state index contributed by atoms with van der Waals surface area (Å²) in [6.07, 6.45) is 2.54. The van der Waals surface area contributed by atoms with Crippen LogP contribution in [0.25, 0.3) is 0 Å². The second-order valence-electron chi connectivity index (χ2n) is 4.87. The van der Waals surface area contributed by atoms with Crippen LogP contribution in [0.15, 0.2) is 35.6 Å². The zero-order chi connectivity index (χ0) is 19.1. The van der Waals surface area contributed by atoms with Crippen molar-refractivity contribution in [2.75, 3.05) is 19.1 Å². The first-order chi connectivity index (χ1) is 12.5. The SMILES string of the molecule is CCOc1cc(/C=N/Nc2ccc(C(=O)O)cn2)cc([N+](=O)[O-])c1OC. The lowest BCUT2D eigenvalue weighted by molar-refractivity contribution is -0.385. The molecule has 0 spiro atoms. The van der Waals surface area contributed by atoms with Gasteiger partial charge in [0.2, 0.25) is 5.75 Å². The van der Waals surface area contributed by atoms with Crippen molar-refractivity contribution in [3.05, 3.63) is 51.7 Å². The lowest BCUT2D eigenvalue weighted by Gasteiger charge is -2.10. The van der Waals surface area contributed by atoms with E-state index in [-0.39, 0.29) is 22.7 Å². The number of benzene rings is 1. The third kappa shape index (κ3) is 4.44. The minimum Gasteiger partial charge on any atom is -0.490 e. The number of anilines is 1. The molecule has 10 nitrogen and oxygen atoms in total. The monoisotopic (exact) mass is 360 g/mol. The number of carbonyl (C=O) groups is 1. The number of aromatic nitrogens is 1. The van der Waals surface area contributed by atoms with E-state index in [2.05, 4.69) is 15.5 Å². The molecule has 0 unspecified atom stereocenters. The molecule has 0 atom stereocenters. The summed E-state index contributed by atoms with van der Waals surface area (Å²) >= 11 is 0. The third-order valence-corrected chi connectivity index (χ3v) is 3.16. The van der Waals surface area contributed by atoms with Crippen molar-refractivity contribution in [3.63, 3.8) is 0 Å². The fraction of sp³-hybridized carbons (Fsp3) is 0.188. The minimum absolute atomic E-state index is 0.0351. The van der Waals surface area contributed by atoms with Crippen LogP contribution < -0.4 is 14.9 Å². The standard InChI is InChI=1S/C16H16N4O6/c1-3-26-13-7-10(6-12(20(23)24)15(13)25-2)8-18-19-14-5-4-11(9-17-14)16(21)22/h4-9H,3H2,1-2H3,(H,17,19)(H,21,22)/b18-8+. The molecule has 1 aromatic carbocycles. The molecule has 0 radical (unpaired) electrons. The average Bonchev–Trinajstić information content (AvgIpc) is 2.62. The first-order valence-corrected chi connectivity index (χ1v) is 7.44. The molecule has 0 aliphatic carbocycles. The fourth-order valence-electron chi connectivity index (χ4n) is 2.05. The van der Waals surface area contributed by atoms with Gasteiger partial charge in [0.25, 0.3) is 0 Å². The average molecular weight is 360 g/mol. The van der Waals surface area contributed by atoms with Gasteiger partial charge in [-0.3, -0.25) is 15.5 Å². The molecule has 0 amide bonds. The number of nitrogens with zero attached hydrogens (tertiary/aromatic N) is 3. The lowest BCUT2D eigenvalue weighted by Crippen LogP contribution is -2.02. The quantitative estimate of drug-likeness (QED) is 0.416. The summed E-state index contributed by atoms with van der Waals surface area (Å²) in [5, 5.41) is 24.0. The number of rotatable bonds is 8. The second-order valence-corrected chi connectivity index (χ2v) is 4.87. The van der Waals surface area contributed by atoms with E-state index in [4.69, 9.17) is 14.6 Å². The van der Waals surface area contributed by atoms with Crippen LogP contribution in [0, 0.1) is 10.1 Å². The van der Waals surface area contributed by atoms with Crippen molar-refractivity contribution >= 4 is 23.7 Å². The van der Waals surface area contributed by atoms with Crippen LogP contribution in [0.4, 0.5) is 11.5 Å². The number of nitrogens with one attached hydrogen (secondary N) is 1. The van der Waals surface area contributed by atoms with Crippen LogP contribution in [0.2, 0.25) is 0 Å². The number of nitro groups is 1. The number of methoxy groups -OCH3 is 1. The highest BCUT2D eigenvalue weighted by molar-refractivity contribution is 5.87. The Morgan fingerprint density at radius 3 is 2.77 bits per heavy atom. The zero-order valence-corrected chi connectivity index (χ0v) is 14.0. The van der Waals surface area contributed by atoms with E-state index in [1.54, 1.807) is 13.0 Å². The van der Waals surface area contributed by atoms with Gasteiger partial charge in [0, 0.05) is 17.8 Å². The Morgan fingerprint density at radius 1 is 1.46 bits per heavy atom. The Hall–Kier alpha value is -3.69. The largest absolute Gasteiger partial charge is 0.490 e. The number of hydrogen-bond donors (Lipinski definition) is 2. The Morgan fingerprint density at radius 2 is 2.23 bits per heavy atom. The number of pyridine rings is 1. The molecule has 2 aromatic rings. The minimum atomic E-state index is -1.08. The molecule has 0 bridgehead atoms. The molecule has 0 aliphatic rings. The highest BCUT2D eigenvalue weighted by Crippen LogP contribution is 2.37. The van der Waals surface area contributed by atoms with Crippen LogP contribution >= 0.6 is 0 Å². The predicted octanol–water partition coefficient (Wildman–Crippen LogP) is 2.54. The Bertz CT molecular complexity index is 835. The molecule has 2 rings (SSSR count).